The number of fused-ring (bicyclic) bond motifs is 1. The number of likely N-dealkylation sites (tertiary alicyclic amines) is 2. The number of carbonyl (C=O) groups is 7. The number of carbonyl (C=O) groups excluding carboxylic acids is 7. The van der Waals surface area contributed by atoms with E-state index in [2.05, 4.69) is 55.5 Å². The minimum absolute atomic E-state index is 0. The van der Waals surface area contributed by atoms with Gasteiger partial charge in [-0.15, -0.1) is 24.8 Å². The van der Waals surface area contributed by atoms with Gasteiger partial charge in [0.05, 0.1) is 18.1 Å². The molecule has 3 unspecified atom stereocenters. The highest BCUT2D eigenvalue weighted by molar-refractivity contribution is 6.00. The molecule has 74 heavy (non-hydrogen) atoms. The molecule has 0 aromatic heterocycles. The van der Waals surface area contributed by atoms with E-state index in [-0.39, 0.29) is 96.6 Å². The van der Waals surface area contributed by atoms with E-state index in [1.807, 2.05) is 78.6 Å². The van der Waals surface area contributed by atoms with Crippen molar-refractivity contribution >= 4 is 66.2 Å². The summed E-state index contributed by atoms with van der Waals surface area (Å²) in [6.07, 6.45) is 7.19. The minimum atomic E-state index is -0.962. The van der Waals surface area contributed by atoms with Crippen molar-refractivity contribution in [1.29, 1.82) is 0 Å². The number of nitrogens with zero attached hydrogens (tertiary/aromatic N) is 2. The largest absolute Gasteiger partial charge is 0.352 e. The molecule has 2 fully saturated rings. The zero-order chi connectivity index (χ0) is 52.9. The molecule has 8 N–H and O–H groups in total. The zero-order valence-electron chi connectivity index (χ0n) is 45.8. The van der Waals surface area contributed by atoms with Gasteiger partial charge < -0.3 is 52.3 Å². The zero-order valence-corrected chi connectivity index (χ0v) is 47.4. The predicted molar refractivity (Wildman–Crippen MR) is 295 cm³/mol. The van der Waals surface area contributed by atoms with Crippen LogP contribution >= 0.6 is 24.8 Å². The summed E-state index contributed by atoms with van der Waals surface area (Å²) in [4.78, 5) is 101. The molecule has 9 atom stereocenters. The van der Waals surface area contributed by atoms with E-state index >= 15 is 0 Å². The van der Waals surface area contributed by atoms with Crippen LogP contribution in [0.3, 0.4) is 0 Å². The molecule has 5 rings (SSSR count). The number of piperidine rings is 1. The fraction of sp³-hybridized carbons (Fsp3) is 0.655. The van der Waals surface area contributed by atoms with Crippen LogP contribution in [0.5, 0.6) is 0 Å². The summed E-state index contributed by atoms with van der Waals surface area (Å²) in [7, 11) is 3.55. The first-order chi connectivity index (χ1) is 34.0. The molecule has 2 aromatic rings. The molecule has 2 heterocycles. The van der Waals surface area contributed by atoms with Gasteiger partial charge in [0.25, 0.3) is 11.8 Å². The molecular weight excluding hydrogens is 984 g/mol. The lowest BCUT2D eigenvalue weighted by atomic mass is 9.85. The van der Waals surface area contributed by atoms with Gasteiger partial charge in [-0.05, 0) is 139 Å². The maximum Gasteiger partial charge on any atom is 0.251 e. The Balaban J connectivity index is 0.00000722. The molecule has 17 nitrogen and oxygen atoms in total. The van der Waals surface area contributed by atoms with Crippen LogP contribution in [0.4, 0.5) is 0 Å². The summed E-state index contributed by atoms with van der Waals surface area (Å²) in [5.74, 6) is -2.23. The minimum Gasteiger partial charge on any atom is -0.352 e. The van der Waals surface area contributed by atoms with Gasteiger partial charge >= 0.3 is 0 Å². The number of rotatable bonds is 21. The molecular formula is C55H88Cl2N10O7. The van der Waals surface area contributed by atoms with Crippen molar-refractivity contribution in [2.45, 2.75) is 181 Å². The molecule has 0 spiro atoms. The molecule has 2 aliphatic heterocycles. The van der Waals surface area contributed by atoms with Crippen LogP contribution in [-0.4, -0.2) is 140 Å². The standard InChI is InChI=1S/C55H86N10O7.2ClH/c1-34(56-10)35(2)59-45(54(4,5)6)51(70)62-43(52(71)64-29-17-12-18-30-64)26-15-16-28-58-48(67)38-23-19-24-39(31-38)49(68)60-40-32-44(50(69)61-42-27-20-22-37-21-13-14-25-41(37)42)65(33-40)53(72)46(55(7,8)9)63-47(66)36(3)57-11;;/h13-14,19,21,23-25,31,34-36,40,42-46,56-57,59H,12,15-18,20,22,26-30,32-33H2,1-11H3,(H,58,67)(H,60,68)(H,61,69)(H,62,70)(H,63,66);2*1H/t34-,35?,36-,40-,42+,43-,44-,45?,46?;;/m0../s1. The van der Waals surface area contributed by atoms with E-state index in [1.54, 1.807) is 32.2 Å². The van der Waals surface area contributed by atoms with Gasteiger partial charge in [0.1, 0.15) is 18.1 Å². The van der Waals surface area contributed by atoms with Gasteiger partial charge in [-0.1, -0.05) is 71.9 Å². The molecule has 2 saturated heterocycles. The van der Waals surface area contributed by atoms with Gasteiger partial charge in [0.2, 0.25) is 29.5 Å². The quantitative estimate of drug-likeness (QED) is 0.0786. The maximum atomic E-state index is 14.6. The van der Waals surface area contributed by atoms with Crippen LogP contribution in [0.15, 0.2) is 48.5 Å². The third kappa shape index (κ3) is 17.4. The summed E-state index contributed by atoms with van der Waals surface area (Å²) in [5, 5.41) is 24.9. The number of halogens is 2. The van der Waals surface area contributed by atoms with Crippen molar-refractivity contribution < 1.29 is 33.6 Å². The second kappa shape index (κ2) is 28.9. The van der Waals surface area contributed by atoms with E-state index in [1.165, 1.54) is 16.5 Å². The lowest BCUT2D eigenvalue weighted by Crippen LogP contribution is -2.60. The van der Waals surface area contributed by atoms with E-state index in [0.717, 1.165) is 44.1 Å². The third-order valence-electron chi connectivity index (χ3n) is 14.8. The van der Waals surface area contributed by atoms with Crippen molar-refractivity contribution in [2.24, 2.45) is 10.8 Å². The van der Waals surface area contributed by atoms with Gasteiger partial charge in [-0.3, -0.25) is 33.6 Å². The van der Waals surface area contributed by atoms with Crippen LogP contribution in [0.2, 0.25) is 0 Å². The van der Waals surface area contributed by atoms with Crippen molar-refractivity contribution in [2.75, 3.05) is 40.3 Å². The van der Waals surface area contributed by atoms with E-state index < -0.39 is 58.9 Å². The third-order valence-corrected chi connectivity index (χ3v) is 14.8. The smallest absolute Gasteiger partial charge is 0.251 e. The molecule has 0 radical (unpaired) electrons. The average molecular weight is 1070 g/mol. The first-order valence-corrected chi connectivity index (χ1v) is 26.4. The SMILES string of the molecule is CN[C@@H](C)C(=O)NC(C(=O)N1C[C@@H](NC(=O)c2cccc(C(=O)NCCCC[C@H](NC(=O)C(NC(C)[C@H](C)NC)C(C)(C)C)C(=O)N3CCCCC3)c2)C[C@H]1C(=O)N[C@@H]1CCCc2ccccc21)C(C)(C)C.Cl.Cl. The topological polar surface area (TPSA) is 222 Å². The van der Waals surface area contributed by atoms with E-state index in [0.29, 0.717) is 38.9 Å². The van der Waals surface area contributed by atoms with Crippen molar-refractivity contribution in [1.82, 2.24) is 52.3 Å². The molecule has 2 aromatic carbocycles. The number of hydrogen-bond donors (Lipinski definition) is 8. The normalized spacial score (nSPS) is 20.1. The molecule has 7 amide bonds. The van der Waals surface area contributed by atoms with Crippen molar-refractivity contribution in [3.05, 3.63) is 70.8 Å². The van der Waals surface area contributed by atoms with Crippen LogP contribution < -0.4 is 42.5 Å². The number of likely N-dealkylation sites (N-methyl/N-ethyl adjacent to an activating group) is 2. The molecule has 19 heteroatoms. The molecule has 414 valence electrons. The van der Waals surface area contributed by atoms with Crippen LogP contribution in [-0.2, 0) is 30.4 Å². The van der Waals surface area contributed by atoms with Crippen LogP contribution in [0.1, 0.15) is 158 Å². The Labute approximate surface area is 453 Å². The predicted octanol–water partition coefficient (Wildman–Crippen LogP) is 4.96. The fourth-order valence-electron chi connectivity index (χ4n) is 9.89. The van der Waals surface area contributed by atoms with Crippen molar-refractivity contribution in [3.63, 3.8) is 0 Å². The van der Waals surface area contributed by atoms with Gasteiger partial charge in [0.15, 0.2) is 0 Å². The van der Waals surface area contributed by atoms with Crippen LogP contribution in [0, 0.1) is 10.8 Å². The monoisotopic (exact) mass is 1070 g/mol. The first kappa shape index (κ1) is 63.5. The lowest BCUT2D eigenvalue weighted by molar-refractivity contribution is -0.144. The Kier molecular flexibility index (Phi) is 24.8. The summed E-state index contributed by atoms with van der Waals surface area (Å²) in [6.45, 7) is 19.1. The molecule has 1 aliphatic carbocycles. The number of benzene rings is 2. The second-order valence-corrected chi connectivity index (χ2v) is 22.5. The lowest BCUT2D eigenvalue weighted by Gasteiger charge is -2.36. The number of hydrogen-bond acceptors (Lipinski definition) is 10. The average Bonchev–Trinajstić information content (AvgIpc) is 3.79. The number of nitrogens with one attached hydrogen (secondary N) is 8. The van der Waals surface area contributed by atoms with Gasteiger partial charge in [-0.25, -0.2) is 0 Å². The summed E-state index contributed by atoms with van der Waals surface area (Å²) < 4.78 is 0. The highest BCUT2D eigenvalue weighted by atomic mass is 35.5. The Hall–Kier alpha value is -4.81. The first-order valence-electron chi connectivity index (χ1n) is 26.4. The van der Waals surface area contributed by atoms with Crippen LogP contribution in [0.25, 0.3) is 0 Å². The Morgan fingerprint density at radius 1 is 0.689 bits per heavy atom. The Bertz CT molecular complexity index is 2210. The van der Waals surface area contributed by atoms with Gasteiger partial charge in [0, 0.05) is 55.4 Å². The maximum absolute atomic E-state index is 14.6. The Morgan fingerprint density at radius 3 is 1.97 bits per heavy atom. The van der Waals surface area contributed by atoms with Crippen molar-refractivity contribution in [3.8, 4) is 0 Å². The molecule has 0 saturated carbocycles. The highest BCUT2D eigenvalue weighted by Gasteiger charge is 2.46. The molecule has 3 aliphatic rings. The summed E-state index contributed by atoms with van der Waals surface area (Å²) in [5.41, 5.74) is 1.62. The summed E-state index contributed by atoms with van der Waals surface area (Å²) >= 11 is 0. The second-order valence-electron chi connectivity index (χ2n) is 22.5. The highest BCUT2D eigenvalue weighted by Crippen LogP contribution is 2.32. The summed E-state index contributed by atoms with van der Waals surface area (Å²) in [6, 6.07) is 10.0. The Morgan fingerprint density at radius 2 is 1.34 bits per heavy atom. The fourth-order valence-corrected chi connectivity index (χ4v) is 9.89. The van der Waals surface area contributed by atoms with E-state index in [9.17, 15) is 33.6 Å². The number of amides is 7. The van der Waals surface area contributed by atoms with Gasteiger partial charge in [-0.2, -0.15) is 0 Å². The number of unbranched alkanes of at least 4 members (excludes halogenated alkanes) is 1. The number of aryl methyl sites for hydroxylation is 1. The van der Waals surface area contributed by atoms with E-state index in [4.69, 9.17) is 0 Å². The molecule has 0 bridgehead atoms.